The standard InChI is InChI=1S/C8H6F8/c1-2-5(9,10)7(13,14)4-3-6(11,12)8(4,15)16/h2,4H,1,3H2. The molecule has 16 heavy (non-hydrogen) atoms. The molecule has 0 nitrogen and oxygen atoms in total. The summed E-state index contributed by atoms with van der Waals surface area (Å²) < 4.78 is 100. The van der Waals surface area contributed by atoms with Gasteiger partial charge < -0.3 is 0 Å². The van der Waals surface area contributed by atoms with Crippen molar-refractivity contribution in [1.29, 1.82) is 0 Å². The fraction of sp³-hybridized carbons (Fsp3) is 0.750. The van der Waals surface area contributed by atoms with E-state index in [-0.39, 0.29) is 0 Å². The number of hydrogen-bond acceptors (Lipinski definition) is 0. The molecular formula is C8H6F8. The van der Waals surface area contributed by atoms with Crippen LogP contribution in [-0.2, 0) is 0 Å². The van der Waals surface area contributed by atoms with Crippen molar-refractivity contribution in [1.82, 2.24) is 0 Å². The van der Waals surface area contributed by atoms with Crippen LogP contribution in [-0.4, -0.2) is 23.7 Å². The molecule has 0 aromatic heterocycles. The number of rotatable bonds is 3. The molecule has 0 spiro atoms. The van der Waals surface area contributed by atoms with Crippen molar-refractivity contribution in [2.45, 2.75) is 30.1 Å². The molecule has 0 bridgehead atoms. The molecule has 1 fully saturated rings. The highest BCUT2D eigenvalue weighted by Gasteiger charge is 2.81. The maximum Gasteiger partial charge on any atom is 0.328 e. The molecule has 0 aromatic carbocycles. The van der Waals surface area contributed by atoms with E-state index in [1.54, 1.807) is 0 Å². The van der Waals surface area contributed by atoms with Gasteiger partial charge in [0, 0.05) is 6.42 Å². The van der Waals surface area contributed by atoms with Gasteiger partial charge in [-0.3, -0.25) is 0 Å². The SMILES string of the molecule is C=CC(F)(F)C(F)(F)C1CC(F)(F)C1(F)F. The van der Waals surface area contributed by atoms with Gasteiger partial charge in [-0.1, -0.05) is 6.58 Å². The number of hydrogen-bond donors (Lipinski definition) is 0. The van der Waals surface area contributed by atoms with Gasteiger partial charge in [-0.25, -0.2) is 0 Å². The maximum atomic E-state index is 12.9. The summed E-state index contributed by atoms with van der Waals surface area (Å²) >= 11 is 0. The molecule has 1 atom stereocenters. The first-order chi connectivity index (χ1) is 6.90. The lowest BCUT2D eigenvalue weighted by Gasteiger charge is -2.47. The zero-order valence-corrected chi connectivity index (χ0v) is 7.59. The number of halogens is 8. The fourth-order valence-corrected chi connectivity index (χ4v) is 1.37. The quantitative estimate of drug-likeness (QED) is 0.531. The van der Waals surface area contributed by atoms with Crippen molar-refractivity contribution in [2.75, 3.05) is 0 Å². The highest BCUT2D eigenvalue weighted by molar-refractivity contribution is 5.14. The van der Waals surface area contributed by atoms with Crippen LogP contribution in [0.15, 0.2) is 12.7 Å². The summed E-state index contributed by atoms with van der Waals surface area (Å²) in [7, 11) is 0. The maximum absolute atomic E-state index is 12.9. The molecule has 0 aliphatic heterocycles. The van der Waals surface area contributed by atoms with Gasteiger partial charge in [0.1, 0.15) is 5.92 Å². The lowest BCUT2D eigenvalue weighted by molar-refractivity contribution is -0.377. The summed E-state index contributed by atoms with van der Waals surface area (Å²) in [4.78, 5) is 0. The van der Waals surface area contributed by atoms with Gasteiger partial charge in [0.25, 0.3) is 0 Å². The summed E-state index contributed by atoms with van der Waals surface area (Å²) in [5.74, 6) is -23.4. The third kappa shape index (κ3) is 1.41. The molecule has 0 N–H and O–H groups in total. The van der Waals surface area contributed by atoms with E-state index in [1.807, 2.05) is 0 Å². The predicted octanol–water partition coefficient (Wildman–Crippen LogP) is 3.73. The first-order valence-electron chi connectivity index (χ1n) is 4.05. The van der Waals surface area contributed by atoms with Crippen molar-refractivity contribution in [3.05, 3.63) is 12.7 Å². The molecule has 94 valence electrons. The minimum absolute atomic E-state index is 0.528. The Labute approximate surface area is 84.9 Å². The van der Waals surface area contributed by atoms with Crippen molar-refractivity contribution < 1.29 is 35.1 Å². The molecule has 8 heteroatoms. The summed E-state index contributed by atoms with van der Waals surface area (Å²) in [5, 5.41) is 0. The molecule has 0 saturated heterocycles. The molecule has 0 radical (unpaired) electrons. The molecule has 1 rings (SSSR count). The second kappa shape index (κ2) is 3.10. The summed E-state index contributed by atoms with van der Waals surface area (Å²) in [5.41, 5.74) is 0. The smallest absolute Gasteiger partial charge is 0.200 e. The Morgan fingerprint density at radius 3 is 1.75 bits per heavy atom. The molecule has 1 aliphatic rings. The van der Waals surface area contributed by atoms with Crippen molar-refractivity contribution in [3.8, 4) is 0 Å². The van der Waals surface area contributed by atoms with Crippen LogP contribution < -0.4 is 0 Å². The van der Waals surface area contributed by atoms with Gasteiger partial charge in [0.15, 0.2) is 0 Å². The minimum Gasteiger partial charge on any atom is -0.200 e. The van der Waals surface area contributed by atoms with Crippen LogP contribution in [0.5, 0.6) is 0 Å². The third-order valence-corrected chi connectivity index (χ3v) is 2.52. The second-order valence-corrected chi connectivity index (χ2v) is 3.53. The van der Waals surface area contributed by atoms with Crippen LogP contribution in [0.4, 0.5) is 35.1 Å². The number of allylic oxidation sites excluding steroid dienone is 1. The molecule has 0 amide bonds. The Morgan fingerprint density at radius 2 is 1.50 bits per heavy atom. The van der Waals surface area contributed by atoms with Crippen LogP contribution in [0.3, 0.4) is 0 Å². The largest absolute Gasteiger partial charge is 0.328 e. The first-order valence-corrected chi connectivity index (χ1v) is 4.05. The van der Waals surface area contributed by atoms with Crippen LogP contribution in [0.25, 0.3) is 0 Å². The van der Waals surface area contributed by atoms with Gasteiger partial charge in [-0.2, -0.15) is 35.1 Å². The van der Waals surface area contributed by atoms with Crippen molar-refractivity contribution >= 4 is 0 Å². The Morgan fingerprint density at radius 1 is 1.06 bits per heavy atom. The Kier molecular flexibility index (Phi) is 2.57. The molecule has 0 aromatic rings. The monoisotopic (exact) mass is 254 g/mol. The fourth-order valence-electron chi connectivity index (χ4n) is 1.37. The summed E-state index contributed by atoms with van der Waals surface area (Å²) in [6, 6.07) is 0. The van der Waals surface area contributed by atoms with Crippen LogP contribution in [0.1, 0.15) is 6.42 Å². The van der Waals surface area contributed by atoms with E-state index in [9.17, 15) is 35.1 Å². The molecule has 1 aliphatic carbocycles. The van der Waals surface area contributed by atoms with Gasteiger partial charge in [-0.15, -0.1) is 0 Å². The Hall–Kier alpha value is -0.820. The first kappa shape index (κ1) is 13.2. The highest BCUT2D eigenvalue weighted by Crippen LogP contribution is 2.63. The molecule has 1 unspecified atom stereocenters. The van der Waals surface area contributed by atoms with Crippen molar-refractivity contribution in [3.63, 3.8) is 0 Å². The van der Waals surface area contributed by atoms with E-state index in [0.29, 0.717) is 0 Å². The van der Waals surface area contributed by atoms with E-state index in [1.165, 1.54) is 0 Å². The van der Waals surface area contributed by atoms with E-state index in [4.69, 9.17) is 0 Å². The van der Waals surface area contributed by atoms with E-state index < -0.39 is 42.1 Å². The highest BCUT2D eigenvalue weighted by atomic mass is 19.3. The van der Waals surface area contributed by atoms with Gasteiger partial charge in [0.05, 0.1) is 0 Å². The van der Waals surface area contributed by atoms with Gasteiger partial charge in [0.2, 0.25) is 0 Å². The van der Waals surface area contributed by atoms with E-state index >= 15 is 0 Å². The zero-order chi connectivity index (χ0) is 13.0. The van der Waals surface area contributed by atoms with Crippen LogP contribution >= 0.6 is 0 Å². The lowest BCUT2D eigenvalue weighted by Crippen LogP contribution is -2.67. The Bertz CT molecular complexity index is 305. The molecule has 1 saturated carbocycles. The van der Waals surface area contributed by atoms with Crippen LogP contribution in [0, 0.1) is 5.92 Å². The van der Waals surface area contributed by atoms with Crippen LogP contribution in [0.2, 0.25) is 0 Å². The molecule has 0 heterocycles. The van der Waals surface area contributed by atoms with Gasteiger partial charge in [-0.05, 0) is 6.08 Å². The molecular weight excluding hydrogens is 248 g/mol. The second-order valence-electron chi connectivity index (χ2n) is 3.53. The summed E-state index contributed by atoms with van der Waals surface area (Å²) in [6.45, 7) is 2.36. The van der Waals surface area contributed by atoms with E-state index in [2.05, 4.69) is 6.58 Å². The average Bonchev–Trinajstić information content (AvgIpc) is 2.13. The predicted molar refractivity (Wildman–Crippen MR) is 38.1 cm³/mol. The van der Waals surface area contributed by atoms with Crippen molar-refractivity contribution in [2.24, 2.45) is 5.92 Å². The third-order valence-electron chi connectivity index (χ3n) is 2.52. The minimum atomic E-state index is -5.25. The lowest BCUT2D eigenvalue weighted by atomic mass is 9.71. The summed E-state index contributed by atoms with van der Waals surface area (Å²) in [6.07, 6.45) is -2.50. The average molecular weight is 254 g/mol. The normalized spacial score (nSPS) is 28.4. The zero-order valence-electron chi connectivity index (χ0n) is 7.59. The topological polar surface area (TPSA) is 0 Å². The van der Waals surface area contributed by atoms with E-state index in [0.717, 1.165) is 0 Å². The number of alkyl halides is 8. The van der Waals surface area contributed by atoms with Gasteiger partial charge >= 0.3 is 23.7 Å². The Balaban J connectivity index is 3.02.